The molecule has 0 radical (unpaired) electrons. The number of nitrogens with zero attached hydrogens (tertiary/aromatic N) is 1. The van der Waals surface area contributed by atoms with Gasteiger partial charge in [0.2, 0.25) is 5.92 Å². The Bertz CT molecular complexity index is 118. The molecule has 0 aliphatic carbocycles. The number of hydrogen-bond acceptors (Lipinski definition) is 2. The molecule has 0 amide bonds. The Morgan fingerprint density at radius 3 is 2.60 bits per heavy atom. The van der Waals surface area contributed by atoms with E-state index in [0.717, 1.165) is 0 Å². The van der Waals surface area contributed by atoms with Crippen LogP contribution >= 0.6 is 12.8 Å². The van der Waals surface area contributed by atoms with Gasteiger partial charge < -0.3 is 0 Å². The van der Waals surface area contributed by atoms with E-state index in [1.165, 1.54) is 0 Å². The van der Waals surface area contributed by atoms with Gasteiger partial charge in [0.15, 0.2) is 0 Å². The van der Waals surface area contributed by atoms with Crippen molar-refractivity contribution in [1.82, 2.24) is 4.31 Å². The number of hydrogen-bond donors (Lipinski definition) is 1. The lowest BCUT2D eigenvalue weighted by Gasteiger charge is -2.12. The highest BCUT2D eigenvalue weighted by molar-refractivity contribution is 7.77. The van der Waals surface area contributed by atoms with Crippen LogP contribution < -0.4 is 0 Å². The lowest BCUT2D eigenvalue weighted by molar-refractivity contribution is -0.0115. The maximum Gasteiger partial charge on any atom is 0.249 e. The largest absolute Gasteiger partial charge is 0.253 e. The van der Waals surface area contributed by atoms with Crippen molar-refractivity contribution in [2.24, 2.45) is 0 Å². The summed E-state index contributed by atoms with van der Waals surface area (Å²) in [6.07, 6.45) is 0.525. The highest BCUT2D eigenvalue weighted by atomic mass is 32.1. The molecule has 1 saturated heterocycles. The third kappa shape index (κ3) is 2.42. The zero-order valence-corrected chi connectivity index (χ0v) is 6.58. The Morgan fingerprint density at radius 1 is 1.20 bits per heavy atom. The minimum Gasteiger partial charge on any atom is -0.253 e. The van der Waals surface area contributed by atoms with E-state index in [4.69, 9.17) is 0 Å². The Labute approximate surface area is 64.9 Å². The molecule has 0 unspecified atom stereocenters. The number of halogens is 2. The van der Waals surface area contributed by atoms with Gasteiger partial charge in [0.1, 0.15) is 0 Å². The van der Waals surface area contributed by atoms with Gasteiger partial charge in [0.05, 0.1) is 0 Å². The van der Waals surface area contributed by atoms with E-state index >= 15 is 0 Å². The standard InChI is InChI=1S/C6H11F2NS/c7-6(8)2-1-4-9(10)5-3-6/h10H,1-5H2. The normalized spacial score (nSPS) is 27.9. The number of thiol groups is 1. The summed E-state index contributed by atoms with van der Waals surface area (Å²) in [4.78, 5) is 0. The molecule has 1 aliphatic rings. The van der Waals surface area contributed by atoms with E-state index in [1.54, 1.807) is 4.31 Å². The van der Waals surface area contributed by atoms with Gasteiger partial charge >= 0.3 is 0 Å². The van der Waals surface area contributed by atoms with Crippen molar-refractivity contribution in [3.8, 4) is 0 Å². The predicted octanol–water partition coefficient (Wildman–Crippen LogP) is 1.95. The quantitative estimate of drug-likeness (QED) is 0.540. The van der Waals surface area contributed by atoms with Crippen molar-refractivity contribution < 1.29 is 8.78 Å². The molecule has 0 atom stereocenters. The van der Waals surface area contributed by atoms with Gasteiger partial charge in [-0.15, -0.1) is 0 Å². The predicted molar refractivity (Wildman–Crippen MR) is 39.4 cm³/mol. The van der Waals surface area contributed by atoms with Crippen molar-refractivity contribution in [3.05, 3.63) is 0 Å². The molecule has 1 fully saturated rings. The first kappa shape index (κ1) is 8.27. The molecule has 0 aromatic rings. The zero-order chi connectivity index (χ0) is 7.61. The lowest BCUT2D eigenvalue weighted by atomic mass is 10.1. The van der Waals surface area contributed by atoms with Crippen molar-refractivity contribution in [2.75, 3.05) is 13.1 Å². The molecule has 10 heavy (non-hydrogen) atoms. The summed E-state index contributed by atoms with van der Waals surface area (Å²) in [6.45, 7) is 1.08. The topological polar surface area (TPSA) is 3.24 Å². The fourth-order valence-electron chi connectivity index (χ4n) is 1.05. The molecule has 1 heterocycles. The lowest BCUT2D eigenvalue weighted by Crippen LogP contribution is -2.18. The van der Waals surface area contributed by atoms with Crippen LogP contribution in [-0.2, 0) is 0 Å². The van der Waals surface area contributed by atoms with Gasteiger partial charge in [0, 0.05) is 25.9 Å². The van der Waals surface area contributed by atoms with Crippen molar-refractivity contribution in [1.29, 1.82) is 0 Å². The summed E-state index contributed by atoms with van der Waals surface area (Å²) in [5.74, 6) is -2.45. The molecule has 1 nitrogen and oxygen atoms in total. The maximum absolute atomic E-state index is 12.6. The molecule has 0 saturated carbocycles. The van der Waals surface area contributed by atoms with Gasteiger partial charge in [0.25, 0.3) is 0 Å². The highest BCUT2D eigenvalue weighted by Gasteiger charge is 2.30. The summed E-state index contributed by atoms with van der Waals surface area (Å²) in [6, 6.07) is 0. The van der Waals surface area contributed by atoms with Crippen LogP contribution in [0.1, 0.15) is 19.3 Å². The first-order valence-electron chi connectivity index (χ1n) is 3.42. The van der Waals surface area contributed by atoms with Crippen LogP contribution in [0.25, 0.3) is 0 Å². The second kappa shape index (κ2) is 3.05. The van der Waals surface area contributed by atoms with Crippen LogP contribution in [0.15, 0.2) is 0 Å². The van der Waals surface area contributed by atoms with E-state index in [9.17, 15) is 8.78 Å². The van der Waals surface area contributed by atoms with Crippen LogP contribution in [0.5, 0.6) is 0 Å². The monoisotopic (exact) mass is 167 g/mol. The molecule has 60 valence electrons. The molecular weight excluding hydrogens is 156 g/mol. The second-order valence-corrected chi connectivity index (χ2v) is 3.23. The Kier molecular flexibility index (Phi) is 2.52. The van der Waals surface area contributed by atoms with Gasteiger partial charge in [-0.1, -0.05) is 12.8 Å². The smallest absolute Gasteiger partial charge is 0.249 e. The van der Waals surface area contributed by atoms with E-state index in [-0.39, 0.29) is 12.8 Å². The minimum atomic E-state index is -2.45. The summed E-state index contributed by atoms with van der Waals surface area (Å²) < 4.78 is 26.8. The van der Waals surface area contributed by atoms with E-state index in [1.807, 2.05) is 0 Å². The van der Waals surface area contributed by atoms with Crippen LogP contribution in [0.3, 0.4) is 0 Å². The van der Waals surface area contributed by atoms with Crippen LogP contribution in [0.4, 0.5) is 8.78 Å². The Morgan fingerprint density at radius 2 is 1.90 bits per heavy atom. The van der Waals surface area contributed by atoms with Crippen LogP contribution in [-0.4, -0.2) is 23.3 Å². The molecule has 0 bridgehead atoms. The summed E-state index contributed by atoms with van der Waals surface area (Å²) in [7, 11) is 0. The summed E-state index contributed by atoms with van der Waals surface area (Å²) in [5.41, 5.74) is 0. The fourth-order valence-corrected chi connectivity index (χ4v) is 1.29. The second-order valence-electron chi connectivity index (χ2n) is 2.66. The molecule has 0 spiro atoms. The number of alkyl halides is 2. The van der Waals surface area contributed by atoms with Gasteiger partial charge in [-0.25, -0.2) is 8.78 Å². The summed E-state index contributed by atoms with van der Waals surface area (Å²) in [5, 5.41) is 0. The van der Waals surface area contributed by atoms with E-state index in [0.29, 0.717) is 19.5 Å². The van der Waals surface area contributed by atoms with Crippen molar-refractivity contribution in [3.63, 3.8) is 0 Å². The third-order valence-corrected chi connectivity index (χ3v) is 2.09. The van der Waals surface area contributed by atoms with E-state index in [2.05, 4.69) is 12.8 Å². The molecule has 1 rings (SSSR count). The zero-order valence-electron chi connectivity index (χ0n) is 5.69. The minimum absolute atomic E-state index is 0.0179. The first-order chi connectivity index (χ1) is 4.60. The van der Waals surface area contributed by atoms with Gasteiger partial charge in [-0.05, 0) is 6.42 Å². The van der Waals surface area contributed by atoms with Gasteiger partial charge in [-0.2, -0.15) is 0 Å². The van der Waals surface area contributed by atoms with Gasteiger partial charge in [-0.3, -0.25) is 4.31 Å². The number of rotatable bonds is 0. The highest BCUT2D eigenvalue weighted by Crippen LogP contribution is 2.27. The average Bonchev–Trinajstić information content (AvgIpc) is 1.94. The average molecular weight is 167 g/mol. The molecule has 0 N–H and O–H groups in total. The van der Waals surface area contributed by atoms with Crippen molar-refractivity contribution in [2.45, 2.75) is 25.2 Å². The van der Waals surface area contributed by atoms with Crippen molar-refractivity contribution >= 4 is 12.8 Å². The van der Waals surface area contributed by atoms with Crippen LogP contribution in [0, 0.1) is 0 Å². The SMILES string of the molecule is FC1(F)CCCN(S)CC1. The summed E-state index contributed by atoms with van der Waals surface area (Å²) >= 11 is 4.01. The maximum atomic E-state index is 12.6. The molecule has 0 aromatic carbocycles. The molecular formula is C6H11F2NS. The first-order valence-corrected chi connectivity index (χ1v) is 3.82. The van der Waals surface area contributed by atoms with Crippen LogP contribution in [0.2, 0.25) is 0 Å². The fraction of sp³-hybridized carbons (Fsp3) is 1.00. The Hall–Kier alpha value is 0.170. The van der Waals surface area contributed by atoms with E-state index < -0.39 is 5.92 Å². The molecule has 1 aliphatic heterocycles. The Balaban J connectivity index is 2.41. The molecule has 4 heteroatoms. The molecule has 0 aromatic heterocycles. The third-order valence-electron chi connectivity index (χ3n) is 1.69.